The van der Waals surface area contributed by atoms with Crippen molar-refractivity contribution >= 4 is 0 Å². The van der Waals surface area contributed by atoms with Crippen molar-refractivity contribution in [3.8, 4) is 0 Å². The second kappa shape index (κ2) is 16.5. The molecular formula is C29H50O. The molecule has 2 atom stereocenters. The van der Waals surface area contributed by atoms with Gasteiger partial charge in [0.2, 0.25) is 0 Å². The lowest BCUT2D eigenvalue weighted by molar-refractivity contribution is 0.275. The van der Waals surface area contributed by atoms with Gasteiger partial charge in [0.25, 0.3) is 0 Å². The SMILES string of the molecule is C=C(C)CCCCCCCCC(CCCCCCCC(=C)OC)C1CC(=C)CC1=C. The molecule has 0 aromatic carbocycles. The summed E-state index contributed by atoms with van der Waals surface area (Å²) >= 11 is 0. The van der Waals surface area contributed by atoms with E-state index in [0.29, 0.717) is 5.92 Å². The first-order valence-corrected chi connectivity index (χ1v) is 12.6. The zero-order valence-electron chi connectivity index (χ0n) is 20.4. The minimum absolute atomic E-state index is 0.707. The van der Waals surface area contributed by atoms with Crippen molar-refractivity contribution in [2.24, 2.45) is 11.8 Å². The lowest BCUT2D eigenvalue weighted by Gasteiger charge is -2.24. The van der Waals surface area contributed by atoms with E-state index in [1.807, 2.05) is 0 Å². The van der Waals surface area contributed by atoms with Crippen LogP contribution in [0.2, 0.25) is 0 Å². The van der Waals surface area contributed by atoms with Gasteiger partial charge in [-0.15, -0.1) is 6.58 Å². The third-order valence-electron chi connectivity index (χ3n) is 6.83. The predicted octanol–water partition coefficient (Wildman–Crippen LogP) is 9.71. The maximum absolute atomic E-state index is 5.16. The molecule has 1 aliphatic carbocycles. The van der Waals surface area contributed by atoms with Crippen LogP contribution in [0.15, 0.2) is 48.8 Å². The average molecular weight is 415 g/mol. The fourth-order valence-corrected chi connectivity index (χ4v) is 4.93. The van der Waals surface area contributed by atoms with E-state index in [1.54, 1.807) is 7.11 Å². The van der Waals surface area contributed by atoms with Gasteiger partial charge in [-0.2, -0.15) is 0 Å². The van der Waals surface area contributed by atoms with E-state index in [-0.39, 0.29) is 0 Å². The van der Waals surface area contributed by atoms with Crippen molar-refractivity contribution in [3.05, 3.63) is 48.8 Å². The molecule has 1 aliphatic rings. The summed E-state index contributed by atoms with van der Waals surface area (Å²) < 4.78 is 5.16. The first-order valence-electron chi connectivity index (χ1n) is 12.6. The Morgan fingerprint density at radius 2 is 1.33 bits per heavy atom. The molecule has 0 aromatic heterocycles. The summed E-state index contributed by atoms with van der Waals surface area (Å²) in [7, 11) is 1.72. The van der Waals surface area contributed by atoms with Crippen LogP contribution in [0.5, 0.6) is 0 Å². The smallest absolute Gasteiger partial charge is 0.0883 e. The Bertz CT molecular complexity index is 526. The lowest BCUT2D eigenvalue weighted by Crippen LogP contribution is -2.13. The van der Waals surface area contributed by atoms with E-state index in [9.17, 15) is 0 Å². The summed E-state index contributed by atoms with van der Waals surface area (Å²) in [6.45, 7) is 18.7. The van der Waals surface area contributed by atoms with Crippen LogP contribution in [0, 0.1) is 11.8 Å². The topological polar surface area (TPSA) is 9.23 Å². The molecule has 0 saturated heterocycles. The van der Waals surface area contributed by atoms with Crippen molar-refractivity contribution in [3.63, 3.8) is 0 Å². The van der Waals surface area contributed by atoms with Gasteiger partial charge in [-0.3, -0.25) is 0 Å². The minimum Gasteiger partial charge on any atom is -0.502 e. The van der Waals surface area contributed by atoms with Crippen molar-refractivity contribution < 1.29 is 4.74 Å². The highest BCUT2D eigenvalue weighted by molar-refractivity contribution is 5.23. The normalized spacial score (nSPS) is 17.3. The summed E-state index contributed by atoms with van der Waals surface area (Å²) in [5.41, 5.74) is 4.20. The molecule has 1 rings (SSSR count). The van der Waals surface area contributed by atoms with Crippen LogP contribution in [-0.2, 0) is 4.74 Å². The number of rotatable bonds is 19. The molecule has 0 amide bonds. The molecule has 0 bridgehead atoms. The van der Waals surface area contributed by atoms with Crippen LogP contribution < -0.4 is 0 Å². The van der Waals surface area contributed by atoms with Gasteiger partial charge in [-0.05, 0) is 63.7 Å². The van der Waals surface area contributed by atoms with Crippen LogP contribution in [0.1, 0.15) is 116 Å². The van der Waals surface area contributed by atoms with Crippen molar-refractivity contribution in [2.45, 2.75) is 116 Å². The average Bonchev–Trinajstić information content (AvgIpc) is 3.04. The molecule has 0 aliphatic heterocycles. The fourth-order valence-electron chi connectivity index (χ4n) is 4.93. The van der Waals surface area contributed by atoms with Crippen LogP contribution in [0.3, 0.4) is 0 Å². The zero-order chi connectivity index (χ0) is 22.2. The summed E-state index contributed by atoms with van der Waals surface area (Å²) in [4.78, 5) is 0. The second-order valence-electron chi connectivity index (χ2n) is 9.82. The predicted molar refractivity (Wildman–Crippen MR) is 135 cm³/mol. The summed E-state index contributed by atoms with van der Waals surface area (Å²) in [5.74, 6) is 2.46. The molecule has 0 aromatic rings. The summed E-state index contributed by atoms with van der Waals surface area (Å²) in [5, 5.41) is 0. The lowest BCUT2D eigenvalue weighted by atomic mass is 9.81. The molecule has 0 radical (unpaired) electrons. The van der Waals surface area contributed by atoms with Crippen molar-refractivity contribution in [1.29, 1.82) is 0 Å². The molecule has 1 nitrogen and oxygen atoms in total. The Balaban J connectivity index is 2.24. The number of unbranched alkanes of at least 4 members (excludes halogenated alkanes) is 9. The van der Waals surface area contributed by atoms with E-state index in [2.05, 4.69) is 33.2 Å². The zero-order valence-corrected chi connectivity index (χ0v) is 20.4. The van der Waals surface area contributed by atoms with Crippen LogP contribution >= 0.6 is 0 Å². The minimum atomic E-state index is 0.707. The first-order chi connectivity index (χ1) is 14.4. The summed E-state index contributed by atoms with van der Waals surface area (Å²) in [6.07, 6.45) is 22.1. The third kappa shape index (κ3) is 12.5. The number of hydrogen-bond donors (Lipinski definition) is 0. The summed E-state index contributed by atoms with van der Waals surface area (Å²) in [6, 6.07) is 0. The Kier molecular flexibility index (Phi) is 14.7. The second-order valence-corrected chi connectivity index (χ2v) is 9.82. The van der Waals surface area contributed by atoms with E-state index in [1.165, 1.54) is 113 Å². The number of hydrogen-bond acceptors (Lipinski definition) is 1. The van der Waals surface area contributed by atoms with Gasteiger partial charge in [0.15, 0.2) is 0 Å². The Hall–Kier alpha value is -1.24. The van der Waals surface area contributed by atoms with Crippen molar-refractivity contribution in [1.82, 2.24) is 0 Å². The van der Waals surface area contributed by atoms with Gasteiger partial charge in [0.1, 0.15) is 0 Å². The Labute approximate surface area is 188 Å². The highest BCUT2D eigenvalue weighted by atomic mass is 16.5. The van der Waals surface area contributed by atoms with Gasteiger partial charge in [-0.1, -0.05) is 94.2 Å². The molecular weight excluding hydrogens is 364 g/mol. The van der Waals surface area contributed by atoms with E-state index >= 15 is 0 Å². The van der Waals surface area contributed by atoms with Gasteiger partial charge in [0, 0.05) is 6.42 Å². The molecule has 1 saturated carbocycles. The molecule has 172 valence electrons. The largest absolute Gasteiger partial charge is 0.502 e. The number of methoxy groups -OCH3 is 1. The Morgan fingerprint density at radius 3 is 1.80 bits per heavy atom. The van der Waals surface area contributed by atoms with Crippen molar-refractivity contribution in [2.75, 3.05) is 7.11 Å². The highest BCUT2D eigenvalue weighted by Crippen LogP contribution is 2.42. The molecule has 0 spiro atoms. The molecule has 2 unspecified atom stereocenters. The molecule has 1 fully saturated rings. The van der Waals surface area contributed by atoms with Gasteiger partial charge in [0.05, 0.1) is 12.9 Å². The third-order valence-corrected chi connectivity index (χ3v) is 6.83. The Morgan fingerprint density at radius 1 is 0.833 bits per heavy atom. The van der Waals surface area contributed by atoms with Gasteiger partial charge in [-0.25, -0.2) is 0 Å². The molecule has 0 N–H and O–H groups in total. The van der Waals surface area contributed by atoms with Crippen LogP contribution in [0.25, 0.3) is 0 Å². The maximum atomic E-state index is 5.16. The fraction of sp³-hybridized carbons (Fsp3) is 0.724. The molecule has 1 heteroatoms. The van der Waals surface area contributed by atoms with Crippen LogP contribution in [0.4, 0.5) is 0 Å². The van der Waals surface area contributed by atoms with E-state index in [4.69, 9.17) is 4.74 Å². The molecule has 30 heavy (non-hydrogen) atoms. The quantitative estimate of drug-likeness (QED) is 0.116. The van der Waals surface area contributed by atoms with Gasteiger partial charge < -0.3 is 4.74 Å². The number of allylic oxidation sites excluding steroid dienone is 4. The molecule has 0 heterocycles. The highest BCUT2D eigenvalue weighted by Gasteiger charge is 2.29. The van der Waals surface area contributed by atoms with Crippen LogP contribution in [-0.4, -0.2) is 7.11 Å². The first kappa shape index (κ1) is 26.8. The van der Waals surface area contributed by atoms with Gasteiger partial charge >= 0.3 is 0 Å². The van der Waals surface area contributed by atoms with E-state index < -0.39 is 0 Å². The monoisotopic (exact) mass is 414 g/mol. The maximum Gasteiger partial charge on any atom is 0.0883 e. The number of ether oxygens (including phenoxy) is 1. The van der Waals surface area contributed by atoms with E-state index in [0.717, 1.165) is 24.5 Å². The standard InChI is InChI=1S/C29H50O/c1-24(2)18-14-10-7-8-12-16-20-28(29-23-25(3)22-26(29)4)21-17-13-9-11-15-19-27(5)30-6/h28-29H,1,3-5,7-23H2,2,6H3.